The van der Waals surface area contributed by atoms with Crippen LogP contribution in [0.5, 0.6) is 0 Å². The molecule has 1 unspecified atom stereocenters. The Labute approximate surface area is 79.9 Å². The Morgan fingerprint density at radius 3 is 2.62 bits per heavy atom. The van der Waals surface area contributed by atoms with E-state index in [9.17, 15) is 5.21 Å². The molecule has 0 aromatic heterocycles. The van der Waals surface area contributed by atoms with Crippen molar-refractivity contribution in [1.82, 2.24) is 9.96 Å². The summed E-state index contributed by atoms with van der Waals surface area (Å²) in [7, 11) is 0. The van der Waals surface area contributed by atoms with Crippen molar-refractivity contribution in [2.75, 3.05) is 13.1 Å². The largest absolute Gasteiger partial charge is 0.287 e. The van der Waals surface area contributed by atoms with Crippen LogP contribution in [-0.2, 0) is 0 Å². The highest BCUT2D eigenvalue weighted by Gasteiger charge is 2.19. The average molecular weight is 182 g/mol. The minimum absolute atomic E-state index is 0.000000000000000222. The zero-order chi connectivity index (χ0) is 9.84. The molecule has 0 bridgehead atoms. The lowest BCUT2D eigenvalue weighted by atomic mass is 10.2. The Balaban J connectivity index is 2.72. The van der Waals surface area contributed by atoms with Gasteiger partial charge in [0, 0.05) is 6.20 Å². The van der Waals surface area contributed by atoms with Crippen molar-refractivity contribution in [2.45, 2.75) is 26.9 Å². The van der Waals surface area contributed by atoms with Crippen LogP contribution in [0.1, 0.15) is 20.8 Å². The maximum Gasteiger partial charge on any atom is 0.127 e. The summed E-state index contributed by atoms with van der Waals surface area (Å²) in [6.45, 7) is 8.11. The van der Waals surface area contributed by atoms with Crippen molar-refractivity contribution >= 4 is 0 Å². The van der Waals surface area contributed by atoms with Crippen LogP contribution in [-0.4, -0.2) is 34.4 Å². The fourth-order valence-electron chi connectivity index (χ4n) is 1.52. The molecule has 1 atom stereocenters. The first-order chi connectivity index (χ1) is 6.19. The highest BCUT2D eigenvalue weighted by atomic mass is 16.5. The Kier molecular flexibility index (Phi) is 3.51. The Morgan fingerprint density at radius 1 is 1.46 bits per heavy atom. The van der Waals surface area contributed by atoms with Crippen LogP contribution in [0.15, 0.2) is 23.9 Å². The van der Waals surface area contributed by atoms with E-state index in [0.29, 0.717) is 0 Å². The van der Waals surface area contributed by atoms with Gasteiger partial charge in [-0.15, -0.1) is 0 Å². The lowest BCUT2D eigenvalue weighted by Crippen LogP contribution is -2.44. The van der Waals surface area contributed by atoms with E-state index in [2.05, 4.69) is 24.8 Å². The van der Waals surface area contributed by atoms with Gasteiger partial charge in [-0.05, 0) is 32.2 Å². The van der Waals surface area contributed by atoms with Crippen molar-refractivity contribution < 1.29 is 5.21 Å². The van der Waals surface area contributed by atoms with E-state index < -0.39 is 0 Å². The average Bonchev–Trinajstić information content (AvgIpc) is 2.13. The minimum Gasteiger partial charge on any atom is -0.287 e. The van der Waals surface area contributed by atoms with Crippen LogP contribution in [0.25, 0.3) is 0 Å². The molecule has 0 saturated heterocycles. The first kappa shape index (κ1) is 10.3. The number of likely N-dealkylation sites (N-methyl/N-ethyl adjacent to an activating group) is 1. The summed E-state index contributed by atoms with van der Waals surface area (Å²) in [5.41, 5.74) is 1.20. The van der Waals surface area contributed by atoms with Crippen molar-refractivity contribution in [3.63, 3.8) is 0 Å². The van der Waals surface area contributed by atoms with Gasteiger partial charge in [0.2, 0.25) is 0 Å². The fourth-order valence-corrected chi connectivity index (χ4v) is 1.52. The van der Waals surface area contributed by atoms with Crippen LogP contribution in [0, 0.1) is 0 Å². The molecule has 0 aliphatic carbocycles. The van der Waals surface area contributed by atoms with Gasteiger partial charge in [0.1, 0.15) is 6.17 Å². The van der Waals surface area contributed by atoms with E-state index in [1.165, 1.54) is 10.6 Å². The quantitative estimate of drug-likeness (QED) is 0.721. The first-order valence-electron chi connectivity index (χ1n) is 4.77. The molecule has 74 valence electrons. The van der Waals surface area contributed by atoms with Gasteiger partial charge in [-0.2, -0.15) is 0 Å². The van der Waals surface area contributed by atoms with Crippen molar-refractivity contribution in [2.24, 2.45) is 0 Å². The molecule has 0 spiro atoms. The summed E-state index contributed by atoms with van der Waals surface area (Å²) in [5.74, 6) is 0. The molecule has 1 rings (SSSR count). The van der Waals surface area contributed by atoms with Gasteiger partial charge < -0.3 is 0 Å². The summed E-state index contributed by atoms with van der Waals surface area (Å²) in [6.07, 6.45) is 5.67. The summed E-state index contributed by atoms with van der Waals surface area (Å²) in [6, 6.07) is 0. The van der Waals surface area contributed by atoms with Crippen LogP contribution in [0.2, 0.25) is 0 Å². The molecule has 0 saturated carbocycles. The molecule has 3 heteroatoms. The molecule has 0 radical (unpaired) electrons. The van der Waals surface area contributed by atoms with Gasteiger partial charge in [0.25, 0.3) is 0 Å². The second-order valence-electron chi connectivity index (χ2n) is 3.24. The molecular formula is C10H18N2O. The lowest BCUT2D eigenvalue weighted by molar-refractivity contribution is -0.113. The zero-order valence-corrected chi connectivity index (χ0v) is 8.57. The van der Waals surface area contributed by atoms with Crippen LogP contribution in [0.3, 0.4) is 0 Å². The molecule has 0 aromatic rings. The summed E-state index contributed by atoms with van der Waals surface area (Å²) >= 11 is 0. The summed E-state index contributed by atoms with van der Waals surface area (Å²) < 4.78 is 0. The second-order valence-corrected chi connectivity index (χ2v) is 3.24. The highest BCUT2D eigenvalue weighted by Crippen LogP contribution is 2.14. The molecule has 1 aliphatic heterocycles. The summed E-state index contributed by atoms with van der Waals surface area (Å²) in [4.78, 5) is 2.19. The van der Waals surface area contributed by atoms with E-state index in [4.69, 9.17) is 0 Å². The lowest BCUT2D eigenvalue weighted by Gasteiger charge is -2.34. The first-order valence-corrected chi connectivity index (χ1v) is 4.77. The van der Waals surface area contributed by atoms with Gasteiger partial charge in [-0.25, -0.2) is 5.06 Å². The Bertz CT molecular complexity index is 219. The molecule has 3 nitrogen and oxygen atoms in total. The SMILES string of the molecule is CCN(CC)C1C=C(C)C=CN1O. The van der Waals surface area contributed by atoms with E-state index in [0.717, 1.165) is 13.1 Å². The maximum atomic E-state index is 9.58. The third-order valence-electron chi connectivity index (χ3n) is 2.36. The number of allylic oxidation sites excluding steroid dienone is 2. The van der Waals surface area contributed by atoms with Gasteiger partial charge in [-0.1, -0.05) is 19.4 Å². The van der Waals surface area contributed by atoms with E-state index in [1.54, 1.807) is 6.20 Å². The fraction of sp³-hybridized carbons (Fsp3) is 0.600. The molecule has 0 fully saturated rings. The van der Waals surface area contributed by atoms with Gasteiger partial charge in [-0.3, -0.25) is 10.1 Å². The molecule has 1 N–H and O–H groups in total. The topological polar surface area (TPSA) is 26.7 Å². The zero-order valence-electron chi connectivity index (χ0n) is 8.57. The molecule has 0 aromatic carbocycles. The number of nitrogens with zero attached hydrogens (tertiary/aromatic N) is 2. The Morgan fingerprint density at radius 2 is 2.08 bits per heavy atom. The maximum absolute atomic E-state index is 9.58. The van der Waals surface area contributed by atoms with Crippen LogP contribution < -0.4 is 0 Å². The third kappa shape index (κ3) is 2.32. The number of hydroxylamine groups is 2. The monoisotopic (exact) mass is 182 g/mol. The Hall–Kier alpha value is -0.800. The molecular weight excluding hydrogens is 164 g/mol. The molecule has 0 amide bonds. The molecule has 1 aliphatic rings. The molecule has 1 heterocycles. The standard InChI is InChI=1S/C10H18N2O/c1-4-11(5-2)10-8-9(3)6-7-12(10)13/h6-8,10,13H,4-5H2,1-3H3. The van der Waals surface area contributed by atoms with E-state index in [1.807, 2.05) is 13.0 Å². The number of rotatable bonds is 3. The third-order valence-corrected chi connectivity index (χ3v) is 2.36. The predicted octanol–water partition coefficient (Wildman–Crippen LogP) is 1.82. The van der Waals surface area contributed by atoms with Gasteiger partial charge >= 0.3 is 0 Å². The van der Waals surface area contributed by atoms with Crippen molar-refractivity contribution in [3.8, 4) is 0 Å². The second kappa shape index (κ2) is 4.44. The van der Waals surface area contributed by atoms with Gasteiger partial charge in [0.15, 0.2) is 0 Å². The minimum atomic E-state index is -0.000000000000000222. The van der Waals surface area contributed by atoms with Crippen molar-refractivity contribution in [3.05, 3.63) is 23.9 Å². The number of hydrogen-bond donors (Lipinski definition) is 1. The summed E-state index contributed by atoms with van der Waals surface area (Å²) in [5, 5.41) is 10.8. The molecule has 13 heavy (non-hydrogen) atoms. The predicted molar refractivity (Wildman–Crippen MR) is 53.2 cm³/mol. The highest BCUT2D eigenvalue weighted by molar-refractivity contribution is 5.21. The normalized spacial score (nSPS) is 22.4. The van der Waals surface area contributed by atoms with Gasteiger partial charge in [0.05, 0.1) is 0 Å². The smallest absolute Gasteiger partial charge is 0.127 e. The van der Waals surface area contributed by atoms with E-state index >= 15 is 0 Å². The van der Waals surface area contributed by atoms with Crippen LogP contribution >= 0.6 is 0 Å². The van der Waals surface area contributed by atoms with Crippen LogP contribution in [0.4, 0.5) is 0 Å². The number of hydrogen-bond acceptors (Lipinski definition) is 3. The van der Waals surface area contributed by atoms with E-state index in [-0.39, 0.29) is 6.17 Å². The van der Waals surface area contributed by atoms with Crippen molar-refractivity contribution in [1.29, 1.82) is 0 Å².